The lowest BCUT2D eigenvalue weighted by molar-refractivity contribution is -0.153. The third kappa shape index (κ3) is 4.60. The molecule has 0 saturated heterocycles. The molecule has 2 atom stereocenters. The fourth-order valence-electron chi connectivity index (χ4n) is 2.07. The highest BCUT2D eigenvalue weighted by Crippen LogP contribution is 2.32. The Morgan fingerprint density at radius 3 is 2.50 bits per heavy atom. The van der Waals surface area contributed by atoms with Crippen molar-refractivity contribution in [3.8, 4) is 0 Å². The summed E-state index contributed by atoms with van der Waals surface area (Å²) in [6.07, 6.45) is -2.85. The Hall–Kier alpha value is -0.450. The Labute approximate surface area is 97.5 Å². The fourth-order valence-corrected chi connectivity index (χ4v) is 2.48. The highest BCUT2D eigenvalue weighted by Gasteiger charge is 2.32. The average Bonchev–Trinajstić information content (AvgIpc) is 2.59. The van der Waals surface area contributed by atoms with Crippen LogP contribution in [0, 0.1) is 11.8 Å². The van der Waals surface area contributed by atoms with Crippen LogP contribution in [0.15, 0.2) is 0 Å². The van der Waals surface area contributed by atoms with Gasteiger partial charge in [0.1, 0.15) is 6.42 Å². The number of alkyl halides is 4. The molecule has 16 heavy (non-hydrogen) atoms. The molecule has 0 radical (unpaired) electrons. The zero-order valence-corrected chi connectivity index (χ0v) is 9.57. The predicted octanol–water partition coefficient (Wildman–Crippen LogP) is 2.71. The van der Waals surface area contributed by atoms with E-state index in [9.17, 15) is 18.0 Å². The molecule has 1 N–H and O–H groups in total. The lowest BCUT2D eigenvalue weighted by atomic mass is 9.98. The molecular formula is C10H15ClF3NO. The van der Waals surface area contributed by atoms with Crippen LogP contribution in [0.2, 0.25) is 0 Å². The minimum absolute atomic E-state index is 0.231. The standard InChI is InChI=1S/C10H15ClF3NO/c11-5-7-2-1-3-8(7)6-15-9(16)4-10(12,13)14/h7-8H,1-6H2,(H,15,16). The van der Waals surface area contributed by atoms with E-state index < -0.39 is 18.5 Å². The number of hydrogen-bond donors (Lipinski definition) is 1. The van der Waals surface area contributed by atoms with Crippen molar-refractivity contribution < 1.29 is 18.0 Å². The maximum Gasteiger partial charge on any atom is 0.397 e. The first kappa shape index (κ1) is 13.6. The van der Waals surface area contributed by atoms with Crippen molar-refractivity contribution in [3.05, 3.63) is 0 Å². The van der Waals surface area contributed by atoms with Crippen LogP contribution in [0.3, 0.4) is 0 Å². The van der Waals surface area contributed by atoms with Crippen molar-refractivity contribution in [2.24, 2.45) is 11.8 Å². The second-order valence-electron chi connectivity index (χ2n) is 4.20. The maximum atomic E-state index is 11.9. The summed E-state index contributed by atoms with van der Waals surface area (Å²) in [4.78, 5) is 10.9. The molecular weight excluding hydrogens is 243 g/mol. The quantitative estimate of drug-likeness (QED) is 0.771. The number of amides is 1. The number of carbonyl (C=O) groups is 1. The molecule has 2 unspecified atom stereocenters. The van der Waals surface area contributed by atoms with Gasteiger partial charge < -0.3 is 5.32 Å². The summed E-state index contributed by atoms with van der Waals surface area (Å²) in [5.74, 6) is 0.120. The molecule has 0 spiro atoms. The topological polar surface area (TPSA) is 29.1 Å². The first-order valence-corrected chi connectivity index (χ1v) is 5.85. The normalized spacial score (nSPS) is 25.8. The molecule has 94 valence electrons. The van der Waals surface area contributed by atoms with E-state index in [1.165, 1.54) is 0 Å². The van der Waals surface area contributed by atoms with Gasteiger partial charge in [-0.2, -0.15) is 13.2 Å². The van der Waals surface area contributed by atoms with Gasteiger partial charge in [-0.05, 0) is 24.7 Å². The monoisotopic (exact) mass is 257 g/mol. The highest BCUT2D eigenvalue weighted by molar-refractivity contribution is 6.18. The number of carbonyl (C=O) groups excluding carboxylic acids is 1. The van der Waals surface area contributed by atoms with Crippen molar-refractivity contribution in [2.45, 2.75) is 31.9 Å². The van der Waals surface area contributed by atoms with E-state index in [0.29, 0.717) is 18.3 Å². The fraction of sp³-hybridized carbons (Fsp3) is 0.900. The summed E-state index contributed by atoms with van der Waals surface area (Å²) in [5, 5.41) is 2.33. The van der Waals surface area contributed by atoms with Crippen LogP contribution in [0.1, 0.15) is 25.7 Å². The lowest BCUT2D eigenvalue weighted by Crippen LogP contribution is -2.33. The van der Waals surface area contributed by atoms with Gasteiger partial charge in [-0.15, -0.1) is 11.6 Å². The molecule has 0 aromatic rings. The Bertz CT molecular complexity index is 245. The summed E-state index contributed by atoms with van der Waals surface area (Å²) >= 11 is 5.73. The van der Waals surface area contributed by atoms with Gasteiger partial charge >= 0.3 is 6.18 Å². The van der Waals surface area contributed by atoms with Gasteiger partial charge in [0.15, 0.2) is 0 Å². The Balaban J connectivity index is 2.26. The summed E-state index contributed by atoms with van der Waals surface area (Å²) in [5.41, 5.74) is 0. The van der Waals surface area contributed by atoms with Crippen LogP contribution >= 0.6 is 11.6 Å². The number of rotatable bonds is 4. The third-order valence-corrected chi connectivity index (χ3v) is 3.33. The minimum Gasteiger partial charge on any atom is -0.356 e. The predicted molar refractivity (Wildman–Crippen MR) is 55.2 cm³/mol. The van der Waals surface area contributed by atoms with E-state index in [1.54, 1.807) is 0 Å². The summed E-state index contributed by atoms with van der Waals surface area (Å²) in [6, 6.07) is 0. The van der Waals surface area contributed by atoms with Gasteiger partial charge in [0, 0.05) is 12.4 Å². The van der Waals surface area contributed by atoms with E-state index >= 15 is 0 Å². The van der Waals surface area contributed by atoms with Gasteiger partial charge in [0.05, 0.1) is 0 Å². The molecule has 1 aliphatic carbocycles. The van der Waals surface area contributed by atoms with E-state index in [0.717, 1.165) is 19.3 Å². The number of nitrogens with one attached hydrogen (secondary N) is 1. The number of halogens is 4. The van der Waals surface area contributed by atoms with Crippen molar-refractivity contribution >= 4 is 17.5 Å². The average molecular weight is 258 g/mol. The van der Waals surface area contributed by atoms with E-state index in [2.05, 4.69) is 5.32 Å². The van der Waals surface area contributed by atoms with Crippen LogP contribution in [-0.4, -0.2) is 24.5 Å². The second kappa shape index (κ2) is 5.75. The Morgan fingerprint density at radius 2 is 1.94 bits per heavy atom. The Kier molecular flexibility index (Phi) is 4.89. The molecule has 1 amide bonds. The van der Waals surface area contributed by atoms with Crippen molar-refractivity contribution in [1.29, 1.82) is 0 Å². The van der Waals surface area contributed by atoms with Gasteiger partial charge in [-0.1, -0.05) is 6.42 Å². The zero-order valence-electron chi connectivity index (χ0n) is 8.82. The molecule has 6 heteroatoms. The molecule has 1 fully saturated rings. The molecule has 0 bridgehead atoms. The second-order valence-corrected chi connectivity index (χ2v) is 4.51. The lowest BCUT2D eigenvalue weighted by Gasteiger charge is -2.17. The van der Waals surface area contributed by atoms with Gasteiger partial charge in [0.2, 0.25) is 5.91 Å². The van der Waals surface area contributed by atoms with Crippen molar-refractivity contribution in [1.82, 2.24) is 5.32 Å². The highest BCUT2D eigenvalue weighted by atomic mass is 35.5. The zero-order chi connectivity index (χ0) is 12.2. The van der Waals surface area contributed by atoms with E-state index in [-0.39, 0.29) is 5.92 Å². The molecule has 0 aliphatic heterocycles. The van der Waals surface area contributed by atoms with Crippen LogP contribution in [0.4, 0.5) is 13.2 Å². The smallest absolute Gasteiger partial charge is 0.356 e. The molecule has 0 heterocycles. The summed E-state index contributed by atoms with van der Waals surface area (Å²) in [7, 11) is 0. The minimum atomic E-state index is -4.42. The summed E-state index contributed by atoms with van der Waals surface area (Å²) in [6.45, 7) is 0.312. The van der Waals surface area contributed by atoms with Crippen molar-refractivity contribution in [3.63, 3.8) is 0 Å². The molecule has 2 nitrogen and oxygen atoms in total. The molecule has 1 aliphatic rings. The molecule has 0 aromatic carbocycles. The maximum absolute atomic E-state index is 11.9. The first-order chi connectivity index (χ1) is 7.42. The van der Waals surface area contributed by atoms with E-state index in [4.69, 9.17) is 11.6 Å². The van der Waals surface area contributed by atoms with Crippen LogP contribution in [-0.2, 0) is 4.79 Å². The van der Waals surface area contributed by atoms with Crippen LogP contribution in [0.25, 0.3) is 0 Å². The van der Waals surface area contributed by atoms with Crippen LogP contribution in [0.5, 0.6) is 0 Å². The van der Waals surface area contributed by atoms with E-state index in [1.807, 2.05) is 0 Å². The molecule has 0 aromatic heterocycles. The first-order valence-electron chi connectivity index (χ1n) is 5.32. The molecule has 1 saturated carbocycles. The van der Waals surface area contributed by atoms with Crippen molar-refractivity contribution in [2.75, 3.05) is 12.4 Å². The summed E-state index contributed by atoms with van der Waals surface area (Å²) < 4.78 is 35.6. The van der Waals surface area contributed by atoms with Crippen LogP contribution < -0.4 is 5.32 Å². The molecule has 1 rings (SSSR count). The number of hydrogen-bond acceptors (Lipinski definition) is 1. The largest absolute Gasteiger partial charge is 0.397 e. The third-order valence-electron chi connectivity index (χ3n) is 2.94. The van der Waals surface area contributed by atoms with Gasteiger partial charge in [-0.3, -0.25) is 4.79 Å². The SMILES string of the molecule is O=C(CC(F)(F)F)NCC1CCCC1CCl. The van der Waals surface area contributed by atoms with Gasteiger partial charge in [-0.25, -0.2) is 0 Å². The van der Waals surface area contributed by atoms with Gasteiger partial charge in [0.25, 0.3) is 0 Å². The Morgan fingerprint density at radius 1 is 1.31 bits per heavy atom.